The molecule has 0 spiro atoms. The van der Waals surface area contributed by atoms with Gasteiger partial charge in [0.05, 0.1) is 6.54 Å². The Morgan fingerprint density at radius 1 is 1.40 bits per heavy atom. The molecule has 0 saturated carbocycles. The van der Waals surface area contributed by atoms with E-state index in [0.717, 1.165) is 38.4 Å². The summed E-state index contributed by atoms with van der Waals surface area (Å²) in [4.78, 5) is 21.7. The van der Waals surface area contributed by atoms with Crippen LogP contribution in [0.5, 0.6) is 0 Å². The van der Waals surface area contributed by atoms with E-state index in [2.05, 4.69) is 38.9 Å². The van der Waals surface area contributed by atoms with Gasteiger partial charge in [-0.3, -0.25) is 4.79 Å². The van der Waals surface area contributed by atoms with Gasteiger partial charge in [0.2, 0.25) is 5.91 Å². The van der Waals surface area contributed by atoms with Crippen LogP contribution in [0.3, 0.4) is 0 Å². The first-order valence-corrected chi connectivity index (χ1v) is 9.96. The number of guanidine groups is 1. The number of aliphatic imine (C=N–C) groups is 1. The molecule has 6 nitrogen and oxygen atoms in total. The molecule has 0 unspecified atom stereocenters. The van der Waals surface area contributed by atoms with Gasteiger partial charge in [-0.2, -0.15) is 0 Å². The first-order valence-electron chi connectivity index (χ1n) is 9.08. The highest BCUT2D eigenvalue weighted by Gasteiger charge is 2.19. The second kappa shape index (κ2) is 10.4. The summed E-state index contributed by atoms with van der Waals surface area (Å²) in [6.07, 6.45) is 3.43. The molecule has 2 heterocycles. The fraction of sp³-hybridized carbons (Fsp3) is 0.667. The monoisotopic (exact) mass is 365 g/mol. The number of nitrogens with zero attached hydrogens (tertiary/aromatic N) is 3. The summed E-state index contributed by atoms with van der Waals surface area (Å²) < 4.78 is 0. The predicted octanol–water partition coefficient (Wildman–Crippen LogP) is 1.75. The van der Waals surface area contributed by atoms with Crippen molar-refractivity contribution in [1.82, 2.24) is 20.4 Å². The number of likely N-dealkylation sites (N-methyl/N-ethyl adjacent to an activating group) is 1. The molecule has 1 saturated heterocycles. The third-order valence-corrected chi connectivity index (χ3v) is 5.23. The van der Waals surface area contributed by atoms with Gasteiger partial charge in [-0.25, -0.2) is 4.99 Å². The van der Waals surface area contributed by atoms with E-state index in [4.69, 9.17) is 0 Å². The molecule has 1 fully saturated rings. The van der Waals surface area contributed by atoms with Crippen LogP contribution in [0.15, 0.2) is 22.5 Å². The Bertz CT molecular complexity index is 536. The largest absolute Gasteiger partial charge is 0.354 e. The van der Waals surface area contributed by atoms with Crippen LogP contribution < -0.4 is 10.6 Å². The zero-order valence-corrected chi connectivity index (χ0v) is 16.4. The number of hydrogen-bond donors (Lipinski definition) is 2. The minimum absolute atomic E-state index is 0.00925. The molecular formula is C18H31N5OS. The molecule has 1 amide bonds. The molecule has 2 rings (SSSR count). The number of nitrogens with one attached hydrogen (secondary N) is 2. The van der Waals surface area contributed by atoms with Crippen LogP contribution in [0, 0.1) is 0 Å². The SMILES string of the molecule is CCCN1CCC(NC(=NCC(=O)N(C)C)NCc2cccs2)CC1. The molecule has 1 aromatic rings. The second-order valence-corrected chi connectivity index (χ2v) is 7.68. The third kappa shape index (κ3) is 7.04. The Morgan fingerprint density at radius 2 is 2.16 bits per heavy atom. The van der Waals surface area contributed by atoms with Crippen LogP contribution in [-0.2, 0) is 11.3 Å². The quantitative estimate of drug-likeness (QED) is 0.571. The highest BCUT2D eigenvalue weighted by Crippen LogP contribution is 2.11. The van der Waals surface area contributed by atoms with E-state index in [1.165, 1.54) is 17.8 Å². The summed E-state index contributed by atoms with van der Waals surface area (Å²) >= 11 is 1.72. The Kier molecular flexibility index (Phi) is 8.21. The predicted molar refractivity (Wildman–Crippen MR) is 105 cm³/mol. The maximum absolute atomic E-state index is 11.8. The van der Waals surface area contributed by atoms with Gasteiger partial charge in [0.25, 0.3) is 0 Å². The topological polar surface area (TPSA) is 60.0 Å². The Morgan fingerprint density at radius 3 is 2.76 bits per heavy atom. The number of carbonyl (C=O) groups excluding carboxylic acids is 1. The number of piperidine rings is 1. The van der Waals surface area contributed by atoms with Crippen LogP contribution in [0.1, 0.15) is 31.1 Å². The maximum Gasteiger partial charge on any atom is 0.243 e. The molecule has 1 aliphatic rings. The average Bonchev–Trinajstić information content (AvgIpc) is 3.12. The van der Waals surface area contributed by atoms with Gasteiger partial charge in [0.1, 0.15) is 6.54 Å². The molecule has 1 aromatic heterocycles. The highest BCUT2D eigenvalue weighted by molar-refractivity contribution is 7.09. The lowest BCUT2D eigenvalue weighted by molar-refractivity contribution is -0.127. The molecule has 25 heavy (non-hydrogen) atoms. The van der Waals surface area contributed by atoms with E-state index >= 15 is 0 Å². The highest BCUT2D eigenvalue weighted by atomic mass is 32.1. The molecule has 0 radical (unpaired) electrons. The van der Waals surface area contributed by atoms with E-state index in [0.29, 0.717) is 6.04 Å². The van der Waals surface area contributed by atoms with Crippen molar-refractivity contribution >= 4 is 23.2 Å². The van der Waals surface area contributed by atoms with Gasteiger partial charge in [-0.1, -0.05) is 13.0 Å². The zero-order chi connectivity index (χ0) is 18.1. The molecule has 1 aliphatic heterocycles. The van der Waals surface area contributed by atoms with Crippen LogP contribution >= 0.6 is 11.3 Å². The van der Waals surface area contributed by atoms with Gasteiger partial charge in [-0.05, 0) is 37.3 Å². The summed E-state index contributed by atoms with van der Waals surface area (Å²) in [5.74, 6) is 0.743. The Hall–Kier alpha value is -1.60. The number of thiophene rings is 1. The van der Waals surface area contributed by atoms with Crippen molar-refractivity contribution in [3.63, 3.8) is 0 Å². The summed E-state index contributed by atoms with van der Waals surface area (Å²) in [7, 11) is 3.51. The number of hydrogen-bond acceptors (Lipinski definition) is 4. The standard InChI is InChI=1S/C18H31N5OS/c1-4-9-23-10-7-15(8-11-23)21-18(20-14-17(24)22(2)3)19-13-16-6-5-12-25-16/h5-6,12,15H,4,7-11,13-14H2,1-3H3,(H2,19,20,21). The number of carbonyl (C=O) groups is 1. The van der Waals surface area contributed by atoms with Crippen molar-refractivity contribution in [3.05, 3.63) is 22.4 Å². The van der Waals surface area contributed by atoms with Gasteiger partial charge in [-0.15, -0.1) is 11.3 Å². The molecule has 7 heteroatoms. The number of rotatable bonds is 7. The van der Waals surface area contributed by atoms with Gasteiger partial charge >= 0.3 is 0 Å². The molecule has 140 valence electrons. The fourth-order valence-electron chi connectivity index (χ4n) is 2.84. The summed E-state index contributed by atoms with van der Waals surface area (Å²) in [5, 5.41) is 8.96. The second-order valence-electron chi connectivity index (χ2n) is 6.65. The molecule has 2 N–H and O–H groups in total. The van der Waals surface area contributed by atoms with Crippen molar-refractivity contribution in [1.29, 1.82) is 0 Å². The normalized spacial score (nSPS) is 16.7. The zero-order valence-electron chi connectivity index (χ0n) is 15.6. The lowest BCUT2D eigenvalue weighted by Gasteiger charge is -2.32. The molecule has 0 aliphatic carbocycles. The Labute approximate surface area is 155 Å². The van der Waals surface area contributed by atoms with E-state index < -0.39 is 0 Å². The van der Waals surface area contributed by atoms with Crippen LogP contribution in [0.4, 0.5) is 0 Å². The first kappa shape index (κ1) is 19.7. The van der Waals surface area contributed by atoms with Crippen LogP contribution in [0.2, 0.25) is 0 Å². The summed E-state index contributed by atoms with van der Waals surface area (Å²) in [5.41, 5.74) is 0. The number of likely N-dealkylation sites (tertiary alicyclic amines) is 1. The van der Waals surface area contributed by atoms with Crippen LogP contribution in [-0.4, -0.2) is 68.0 Å². The minimum Gasteiger partial charge on any atom is -0.354 e. The van der Waals surface area contributed by atoms with E-state index in [1.807, 2.05) is 6.07 Å². The Balaban J connectivity index is 1.89. The smallest absolute Gasteiger partial charge is 0.243 e. The first-order chi connectivity index (χ1) is 12.1. The maximum atomic E-state index is 11.8. The van der Waals surface area contributed by atoms with E-state index in [-0.39, 0.29) is 12.5 Å². The van der Waals surface area contributed by atoms with Gasteiger partial charge in [0, 0.05) is 38.1 Å². The van der Waals surface area contributed by atoms with Crippen molar-refractivity contribution in [2.75, 3.05) is 40.3 Å². The van der Waals surface area contributed by atoms with E-state index in [1.54, 1.807) is 30.3 Å². The third-order valence-electron chi connectivity index (χ3n) is 4.35. The van der Waals surface area contributed by atoms with Gasteiger partial charge in [0.15, 0.2) is 5.96 Å². The van der Waals surface area contributed by atoms with Crippen molar-refractivity contribution in [2.45, 2.75) is 38.8 Å². The lowest BCUT2D eigenvalue weighted by Crippen LogP contribution is -2.48. The minimum atomic E-state index is 0.00925. The molecule has 0 aromatic carbocycles. The van der Waals surface area contributed by atoms with Crippen molar-refractivity contribution in [2.24, 2.45) is 4.99 Å². The molecule has 0 atom stereocenters. The molecule has 0 bridgehead atoms. The summed E-state index contributed by atoms with van der Waals surface area (Å²) in [6.45, 7) is 6.56. The lowest BCUT2D eigenvalue weighted by atomic mass is 10.1. The van der Waals surface area contributed by atoms with Crippen molar-refractivity contribution < 1.29 is 4.79 Å². The van der Waals surface area contributed by atoms with Gasteiger partial charge < -0.3 is 20.4 Å². The van der Waals surface area contributed by atoms with Crippen LogP contribution in [0.25, 0.3) is 0 Å². The fourth-order valence-corrected chi connectivity index (χ4v) is 3.48. The average molecular weight is 366 g/mol. The molecular weight excluding hydrogens is 334 g/mol. The summed E-state index contributed by atoms with van der Waals surface area (Å²) in [6, 6.07) is 4.56. The van der Waals surface area contributed by atoms with Crippen molar-refractivity contribution in [3.8, 4) is 0 Å². The number of amides is 1. The van der Waals surface area contributed by atoms with E-state index in [9.17, 15) is 4.79 Å².